The Balaban J connectivity index is 0. The molecule has 2 atom stereocenters. The van der Waals surface area contributed by atoms with Crippen LogP contribution in [0.1, 0.15) is 38.2 Å². The van der Waals surface area contributed by atoms with Crippen molar-refractivity contribution in [2.45, 2.75) is 44.7 Å². The minimum absolute atomic E-state index is 0. The molecule has 0 aromatic heterocycles. The Labute approximate surface area is 117 Å². The lowest BCUT2D eigenvalue weighted by molar-refractivity contribution is 0.486. The molecule has 17 heavy (non-hydrogen) atoms. The average Bonchev–Trinajstić information content (AvgIpc) is 2.17. The molecule has 0 radical (unpaired) electrons. The largest absolute Gasteiger partial charge is 0.328 e. The van der Waals surface area contributed by atoms with E-state index in [1.165, 1.54) is 5.56 Å². The molecule has 0 aliphatic rings. The highest BCUT2D eigenvalue weighted by atomic mass is 35.5. The van der Waals surface area contributed by atoms with Gasteiger partial charge in [-0.2, -0.15) is 0 Å². The van der Waals surface area contributed by atoms with Crippen LogP contribution in [0, 0.1) is 0 Å². The molecule has 2 nitrogen and oxygen atoms in total. The maximum Gasteiger partial charge on any atom is 0.00163 e. The van der Waals surface area contributed by atoms with E-state index in [0.717, 1.165) is 12.8 Å². The van der Waals surface area contributed by atoms with E-state index in [-0.39, 0.29) is 36.9 Å². The molecular formula is C13H24Cl2N2. The molecule has 4 heteroatoms. The van der Waals surface area contributed by atoms with Gasteiger partial charge in [-0.15, -0.1) is 24.8 Å². The van der Waals surface area contributed by atoms with E-state index >= 15 is 0 Å². The van der Waals surface area contributed by atoms with E-state index in [0.29, 0.717) is 5.92 Å². The summed E-state index contributed by atoms with van der Waals surface area (Å²) in [4.78, 5) is 0. The molecule has 0 heterocycles. The molecule has 0 amide bonds. The zero-order valence-electron chi connectivity index (χ0n) is 10.5. The van der Waals surface area contributed by atoms with Crippen molar-refractivity contribution in [3.05, 3.63) is 35.9 Å². The molecule has 100 valence electrons. The lowest BCUT2D eigenvalue weighted by atomic mass is 9.88. The van der Waals surface area contributed by atoms with Crippen molar-refractivity contribution in [1.82, 2.24) is 0 Å². The summed E-state index contributed by atoms with van der Waals surface area (Å²) in [5.74, 6) is 0.492. The maximum atomic E-state index is 5.87. The second-order valence-electron chi connectivity index (χ2n) is 4.53. The Hall–Kier alpha value is -0.280. The summed E-state index contributed by atoms with van der Waals surface area (Å²) in [6.07, 6.45) is 2.01. The van der Waals surface area contributed by atoms with E-state index in [4.69, 9.17) is 11.5 Å². The molecule has 1 aromatic carbocycles. The summed E-state index contributed by atoms with van der Waals surface area (Å²) in [5, 5.41) is 0. The maximum absolute atomic E-state index is 5.87. The Morgan fingerprint density at radius 2 is 1.29 bits per heavy atom. The smallest absolute Gasteiger partial charge is 0.00163 e. The van der Waals surface area contributed by atoms with E-state index in [2.05, 4.69) is 38.1 Å². The summed E-state index contributed by atoms with van der Waals surface area (Å²) in [7, 11) is 0. The molecule has 0 aliphatic heterocycles. The Morgan fingerprint density at radius 3 is 1.65 bits per heavy atom. The lowest BCUT2D eigenvalue weighted by Crippen LogP contribution is -2.24. The normalized spacial score (nSPS) is 15.1. The summed E-state index contributed by atoms with van der Waals surface area (Å²) in [5.41, 5.74) is 13.1. The van der Waals surface area contributed by atoms with Crippen molar-refractivity contribution in [1.29, 1.82) is 0 Å². The van der Waals surface area contributed by atoms with Crippen LogP contribution in [0.3, 0.4) is 0 Å². The molecular weight excluding hydrogens is 255 g/mol. The minimum Gasteiger partial charge on any atom is -0.328 e. The third-order valence-electron chi connectivity index (χ3n) is 2.58. The van der Waals surface area contributed by atoms with Gasteiger partial charge in [-0.3, -0.25) is 0 Å². The number of hydrogen-bond donors (Lipinski definition) is 2. The van der Waals surface area contributed by atoms with E-state index in [1.54, 1.807) is 0 Å². The first kappa shape index (κ1) is 19.1. The molecule has 1 aromatic rings. The molecule has 0 fully saturated rings. The third kappa shape index (κ3) is 7.61. The molecule has 0 aliphatic carbocycles. The summed E-state index contributed by atoms with van der Waals surface area (Å²) in [6.45, 7) is 4.11. The van der Waals surface area contributed by atoms with Crippen molar-refractivity contribution < 1.29 is 0 Å². The number of hydrogen-bond acceptors (Lipinski definition) is 2. The quantitative estimate of drug-likeness (QED) is 0.870. The Morgan fingerprint density at radius 1 is 0.882 bits per heavy atom. The Bertz CT molecular complexity index is 266. The summed E-state index contributed by atoms with van der Waals surface area (Å²) in [6, 6.07) is 11.0. The van der Waals surface area contributed by atoms with Crippen molar-refractivity contribution in [3.63, 3.8) is 0 Å². The zero-order chi connectivity index (χ0) is 11.3. The van der Waals surface area contributed by atoms with Crippen LogP contribution in [0.15, 0.2) is 30.3 Å². The van der Waals surface area contributed by atoms with Gasteiger partial charge in [0.25, 0.3) is 0 Å². The van der Waals surface area contributed by atoms with Crippen LogP contribution >= 0.6 is 24.8 Å². The van der Waals surface area contributed by atoms with Gasteiger partial charge in [0.2, 0.25) is 0 Å². The number of benzene rings is 1. The second-order valence-corrected chi connectivity index (χ2v) is 4.53. The fraction of sp³-hybridized carbons (Fsp3) is 0.538. The predicted molar refractivity (Wildman–Crippen MR) is 80.2 cm³/mol. The Kier molecular flexibility index (Phi) is 10.9. The van der Waals surface area contributed by atoms with Crippen molar-refractivity contribution in [2.24, 2.45) is 11.5 Å². The zero-order valence-corrected chi connectivity index (χ0v) is 12.1. The molecule has 0 bridgehead atoms. The minimum atomic E-state index is 0. The average molecular weight is 279 g/mol. The molecule has 4 N–H and O–H groups in total. The number of rotatable bonds is 5. The topological polar surface area (TPSA) is 52.0 Å². The highest BCUT2D eigenvalue weighted by molar-refractivity contribution is 5.85. The second kappa shape index (κ2) is 9.72. The highest BCUT2D eigenvalue weighted by Gasteiger charge is 2.14. The van der Waals surface area contributed by atoms with Gasteiger partial charge in [0, 0.05) is 12.1 Å². The summed E-state index contributed by atoms with van der Waals surface area (Å²) >= 11 is 0. The van der Waals surface area contributed by atoms with Crippen LogP contribution < -0.4 is 11.5 Å². The SMILES string of the molecule is CC(N)CC(CC(C)N)c1ccccc1.Cl.Cl. The molecule has 0 saturated carbocycles. The first-order valence-corrected chi connectivity index (χ1v) is 5.65. The van der Waals surface area contributed by atoms with Gasteiger partial charge in [-0.05, 0) is 38.2 Å². The molecule has 0 saturated heterocycles. The first-order chi connectivity index (χ1) is 7.09. The number of halogens is 2. The monoisotopic (exact) mass is 278 g/mol. The van der Waals surface area contributed by atoms with Crippen molar-refractivity contribution in [3.8, 4) is 0 Å². The van der Waals surface area contributed by atoms with Gasteiger partial charge >= 0.3 is 0 Å². The van der Waals surface area contributed by atoms with Crippen LogP contribution in [0.2, 0.25) is 0 Å². The van der Waals surface area contributed by atoms with Crippen LogP contribution in [0.25, 0.3) is 0 Å². The van der Waals surface area contributed by atoms with Crippen molar-refractivity contribution in [2.75, 3.05) is 0 Å². The predicted octanol–water partition coefficient (Wildman–Crippen LogP) is 3.09. The van der Waals surface area contributed by atoms with Gasteiger partial charge in [-0.25, -0.2) is 0 Å². The van der Waals surface area contributed by atoms with E-state index < -0.39 is 0 Å². The van der Waals surface area contributed by atoms with Crippen LogP contribution in [0.4, 0.5) is 0 Å². The van der Waals surface area contributed by atoms with Gasteiger partial charge in [-0.1, -0.05) is 30.3 Å². The highest BCUT2D eigenvalue weighted by Crippen LogP contribution is 2.25. The fourth-order valence-electron chi connectivity index (χ4n) is 1.99. The molecule has 1 rings (SSSR count). The van der Waals surface area contributed by atoms with E-state index in [9.17, 15) is 0 Å². The summed E-state index contributed by atoms with van der Waals surface area (Å²) < 4.78 is 0. The fourth-order valence-corrected chi connectivity index (χ4v) is 1.99. The molecule has 0 spiro atoms. The van der Waals surface area contributed by atoms with Crippen molar-refractivity contribution >= 4 is 24.8 Å². The van der Waals surface area contributed by atoms with Gasteiger partial charge in [0.1, 0.15) is 0 Å². The number of nitrogens with two attached hydrogens (primary N) is 2. The van der Waals surface area contributed by atoms with Gasteiger partial charge in [0.15, 0.2) is 0 Å². The standard InChI is InChI=1S/C13H22N2.2ClH/c1-10(14)8-13(9-11(2)15)12-6-4-3-5-7-12;;/h3-7,10-11,13H,8-9,14-15H2,1-2H3;2*1H. The van der Waals surface area contributed by atoms with Gasteiger partial charge in [0.05, 0.1) is 0 Å². The third-order valence-corrected chi connectivity index (χ3v) is 2.58. The first-order valence-electron chi connectivity index (χ1n) is 5.65. The van der Waals surface area contributed by atoms with E-state index in [1.807, 2.05) is 6.07 Å². The van der Waals surface area contributed by atoms with Crippen LogP contribution in [0.5, 0.6) is 0 Å². The van der Waals surface area contributed by atoms with Crippen LogP contribution in [-0.2, 0) is 0 Å². The lowest BCUT2D eigenvalue weighted by Gasteiger charge is -2.21. The van der Waals surface area contributed by atoms with Crippen LogP contribution in [-0.4, -0.2) is 12.1 Å². The van der Waals surface area contributed by atoms with Gasteiger partial charge < -0.3 is 11.5 Å². The molecule has 2 unspecified atom stereocenters.